The summed E-state index contributed by atoms with van der Waals surface area (Å²) >= 11 is 1.45. The molecule has 3 aromatic rings. The third-order valence-electron chi connectivity index (χ3n) is 3.83. The Labute approximate surface area is 167 Å². The number of phenolic OH excluding ortho intramolecular Hbond substituents is 1. The number of rotatable bonds is 7. The molecular formula is C21H20N2O4S. The Hall–Kier alpha value is -3.32. The molecule has 144 valence electrons. The average Bonchev–Trinajstić information content (AvgIpc) is 3.15. The SMILES string of the molecule is COc1cc(/C=C/C(=O)OCc2csc(Nc3ccc(C)cc3)n2)ccc1O. The number of methoxy groups -OCH3 is 1. The second-order valence-electron chi connectivity index (χ2n) is 6.01. The number of phenols is 1. The summed E-state index contributed by atoms with van der Waals surface area (Å²) in [6, 6.07) is 12.8. The zero-order valence-corrected chi connectivity index (χ0v) is 16.3. The molecule has 0 saturated heterocycles. The number of aromatic hydroxyl groups is 1. The number of carbonyl (C=O) groups is 1. The summed E-state index contributed by atoms with van der Waals surface area (Å²) in [4.78, 5) is 16.3. The lowest BCUT2D eigenvalue weighted by molar-refractivity contribution is -0.139. The van der Waals surface area contributed by atoms with E-state index in [1.54, 1.807) is 18.2 Å². The fraction of sp³-hybridized carbons (Fsp3) is 0.143. The van der Waals surface area contributed by atoms with Crippen LogP contribution >= 0.6 is 11.3 Å². The number of thiazole rings is 1. The molecule has 1 heterocycles. The Kier molecular flexibility index (Phi) is 6.29. The molecule has 0 atom stereocenters. The first-order valence-corrected chi connectivity index (χ1v) is 9.41. The van der Waals surface area contributed by atoms with E-state index in [1.165, 1.54) is 36.2 Å². The topological polar surface area (TPSA) is 80.7 Å². The van der Waals surface area contributed by atoms with E-state index >= 15 is 0 Å². The number of hydrogen-bond acceptors (Lipinski definition) is 7. The molecule has 0 saturated carbocycles. The second-order valence-corrected chi connectivity index (χ2v) is 6.87. The van der Waals surface area contributed by atoms with Gasteiger partial charge < -0.3 is 19.9 Å². The minimum Gasteiger partial charge on any atom is -0.504 e. The summed E-state index contributed by atoms with van der Waals surface area (Å²) in [5, 5.41) is 15.4. The fourth-order valence-corrected chi connectivity index (χ4v) is 3.06. The van der Waals surface area contributed by atoms with Crippen LogP contribution in [0.2, 0.25) is 0 Å². The molecule has 0 aliphatic rings. The predicted molar refractivity (Wildman–Crippen MR) is 110 cm³/mol. The van der Waals surface area contributed by atoms with Crippen LogP contribution in [-0.4, -0.2) is 23.2 Å². The molecule has 0 radical (unpaired) electrons. The number of aromatic nitrogens is 1. The minimum atomic E-state index is -0.479. The Bertz CT molecular complexity index is 980. The monoisotopic (exact) mass is 396 g/mol. The number of esters is 1. The Balaban J connectivity index is 1.52. The van der Waals surface area contributed by atoms with Gasteiger partial charge in [-0.05, 0) is 42.8 Å². The summed E-state index contributed by atoms with van der Waals surface area (Å²) in [5.74, 6) is -0.0968. The first-order chi connectivity index (χ1) is 13.5. The zero-order valence-electron chi connectivity index (χ0n) is 15.5. The predicted octanol–water partition coefficient (Wildman–Crippen LogP) is 4.67. The van der Waals surface area contributed by atoms with Gasteiger partial charge in [-0.3, -0.25) is 0 Å². The molecule has 2 N–H and O–H groups in total. The van der Waals surface area contributed by atoms with Gasteiger partial charge >= 0.3 is 5.97 Å². The van der Waals surface area contributed by atoms with Crippen LogP contribution in [0.15, 0.2) is 53.9 Å². The van der Waals surface area contributed by atoms with Crippen molar-refractivity contribution in [3.05, 3.63) is 70.7 Å². The highest BCUT2D eigenvalue weighted by Gasteiger charge is 2.06. The van der Waals surface area contributed by atoms with Crippen LogP contribution in [-0.2, 0) is 16.1 Å². The van der Waals surface area contributed by atoms with E-state index in [1.807, 2.05) is 36.6 Å². The third-order valence-corrected chi connectivity index (χ3v) is 4.64. The number of hydrogen-bond donors (Lipinski definition) is 2. The lowest BCUT2D eigenvalue weighted by atomic mass is 10.2. The molecule has 0 fully saturated rings. The van der Waals surface area contributed by atoms with Gasteiger partial charge in [-0.25, -0.2) is 9.78 Å². The van der Waals surface area contributed by atoms with E-state index in [0.717, 1.165) is 10.8 Å². The smallest absolute Gasteiger partial charge is 0.331 e. The maximum absolute atomic E-state index is 11.9. The minimum absolute atomic E-state index is 0.0424. The molecule has 0 bridgehead atoms. The molecule has 0 spiro atoms. The average molecular weight is 396 g/mol. The number of benzene rings is 2. The standard InChI is InChI=1S/C21H20N2O4S/c1-14-3-7-16(8-4-14)22-21-23-17(13-28-21)12-27-20(25)10-6-15-5-9-18(24)19(11-15)26-2/h3-11,13,24H,12H2,1-2H3,(H,22,23)/b10-6+. The van der Waals surface area contributed by atoms with Gasteiger partial charge in [0.2, 0.25) is 0 Å². The van der Waals surface area contributed by atoms with Crippen LogP contribution in [0, 0.1) is 6.92 Å². The van der Waals surface area contributed by atoms with E-state index in [9.17, 15) is 9.90 Å². The molecule has 2 aromatic carbocycles. The third kappa shape index (κ3) is 5.34. The highest BCUT2D eigenvalue weighted by molar-refractivity contribution is 7.13. The van der Waals surface area contributed by atoms with Crippen LogP contribution in [0.3, 0.4) is 0 Å². The van der Waals surface area contributed by atoms with E-state index in [4.69, 9.17) is 9.47 Å². The van der Waals surface area contributed by atoms with Crippen LogP contribution in [0.1, 0.15) is 16.8 Å². The Morgan fingerprint density at radius 3 is 2.79 bits per heavy atom. The number of anilines is 2. The number of ether oxygens (including phenoxy) is 2. The summed E-state index contributed by atoms with van der Waals surface area (Å²) in [7, 11) is 1.46. The van der Waals surface area contributed by atoms with Gasteiger partial charge in [0.1, 0.15) is 6.61 Å². The maximum Gasteiger partial charge on any atom is 0.331 e. The van der Waals surface area contributed by atoms with Gasteiger partial charge in [0.25, 0.3) is 0 Å². The number of carbonyl (C=O) groups excluding carboxylic acids is 1. The first kappa shape index (κ1) is 19.4. The summed E-state index contributed by atoms with van der Waals surface area (Å²) in [5.41, 5.74) is 3.53. The Morgan fingerprint density at radius 1 is 1.25 bits per heavy atom. The molecule has 0 unspecified atom stereocenters. The van der Waals surface area contributed by atoms with Crippen LogP contribution in [0.5, 0.6) is 11.5 Å². The molecule has 6 nitrogen and oxygen atoms in total. The van der Waals surface area contributed by atoms with Crippen LogP contribution in [0.25, 0.3) is 6.08 Å². The molecular weight excluding hydrogens is 376 g/mol. The van der Waals surface area contributed by atoms with Gasteiger partial charge in [0.15, 0.2) is 16.6 Å². The molecule has 7 heteroatoms. The van der Waals surface area contributed by atoms with Crippen molar-refractivity contribution < 1.29 is 19.4 Å². The van der Waals surface area contributed by atoms with E-state index in [0.29, 0.717) is 17.0 Å². The van der Waals surface area contributed by atoms with Crippen LogP contribution in [0.4, 0.5) is 10.8 Å². The summed E-state index contributed by atoms with van der Waals surface area (Å²) in [6.45, 7) is 2.13. The van der Waals surface area contributed by atoms with Crippen molar-refractivity contribution in [1.29, 1.82) is 0 Å². The maximum atomic E-state index is 11.9. The van der Waals surface area contributed by atoms with Crippen molar-refractivity contribution in [3.63, 3.8) is 0 Å². The van der Waals surface area contributed by atoms with Gasteiger partial charge in [-0.15, -0.1) is 11.3 Å². The first-order valence-electron chi connectivity index (χ1n) is 8.53. The van der Waals surface area contributed by atoms with Crippen molar-refractivity contribution in [2.24, 2.45) is 0 Å². The van der Waals surface area contributed by atoms with Crippen molar-refractivity contribution in [2.75, 3.05) is 12.4 Å². The van der Waals surface area contributed by atoms with Crippen molar-refractivity contribution >= 4 is 34.2 Å². The highest BCUT2D eigenvalue weighted by Crippen LogP contribution is 2.26. The van der Waals surface area contributed by atoms with Crippen molar-refractivity contribution in [1.82, 2.24) is 4.98 Å². The van der Waals surface area contributed by atoms with Gasteiger partial charge in [0.05, 0.1) is 12.8 Å². The van der Waals surface area contributed by atoms with Crippen LogP contribution < -0.4 is 10.1 Å². The number of nitrogens with zero attached hydrogens (tertiary/aromatic N) is 1. The molecule has 3 rings (SSSR count). The lowest BCUT2D eigenvalue weighted by Crippen LogP contribution is -2.01. The molecule has 1 aromatic heterocycles. The quantitative estimate of drug-likeness (QED) is 0.446. The van der Waals surface area contributed by atoms with E-state index in [2.05, 4.69) is 10.3 Å². The lowest BCUT2D eigenvalue weighted by Gasteiger charge is -2.04. The van der Waals surface area contributed by atoms with Crippen molar-refractivity contribution in [2.45, 2.75) is 13.5 Å². The van der Waals surface area contributed by atoms with E-state index < -0.39 is 5.97 Å². The molecule has 0 aliphatic heterocycles. The van der Waals surface area contributed by atoms with Crippen molar-refractivity contribution in [3.8, 4) is 11.5 Å². The van der Waals surface area contributed by atoms with E-state index in [-0.39, 0.29) is 12.4 Å². The van der Waals surface area contributed by atoms with Gasteiger partial charge in [-0.1, -0.05) is 23.8 Å². The molecule has 0 amide bonds. The number of nitrogens with one attached hydrogen (secondary N) is 1. The normalized spacial score (nSPS) is 10.8. The number of aryl methyl sites for hydroxylation is 1. The molecule has 28 heavy (non-hydrogen) atoms. The summed E-state index contributed by atoms with van der Waals surface area (Å²) in [6.07, 6.45) is 2.92. The van der Waals surface area contributed by atoms with Gasteiger partial charge in [0, 0.05) is 17.1 Å². The molecule has 0 aliphatic carbocycles. The summed E-state index contributed by atoms with van der Waals surface area (Å²) < 4.78 is 10.3. The fourth-order valence-electron chi connectivity index (χ4n) is 2.35. The highest BCUT2D eigenvalue weighted by atomic mass is 32.1. The zero-order chi connectivity index (χ0) is 19.9. The Morgan fingerprint density at radius 2 is 2.04 bits per heavy atom. The van der Waals surface area contributed by atoms with Gasteiger partial charge in [-0.2, -0.15) is 0 Å². The second kappa shape index (κ2) is 9.05. The largest absolute Gasteiger partial charge is 0.504 e.